The normalized spacial score (nSPS) is 12.4. The maximum Gasteiger partial charge on any atom is 0.405 e. The monoisotopic (exact) mass is 637 g/mol. The van der Waals surface area contributed by atoms with Crippen LogP contribution in [0, 0.1) is 28.5 Å². The van der Waals surface area contributed by atoms with Crippen molar-refractivity contribution in [3.8, 4) is 11.3 Å². The topological polar surface area (TPSA) is 50.2 Å². The molecule has 1 aromatic heterocycles. The molecule has 2 aromatic rings. The van der Waals surface area contributed by atoms with Gasteiger partial charge in [0.2, 0.25) is 0 Å². The molecule has 0 saturated carbocycles. The first kappa shape index (κ1) is 29.9. The number of pyridine rings is 1. The minimum Gasteiger partial charge on any atom is -0.512 e. The summed E-state index contributed by atoms with van der Waals surface area (Å²) < 4.78 is 64.2. The van der Waals surface area contributed by atoms with Crippen molar-refractivity contribution >= 4 is 5.78 Å². The second kappa shape index (κ2) is 11.2. The first-order valence-corrected chi connectivity index (χ1v) is 9.30. The minimum atomic E-state index is -5.10. The Bertz CT molecular complexity index is 944. The van der Waals surface area contributed by atoms with Gasteiger partial charge in [0.15, 0.2) is 5.78 Å². The van der Waals surface area contributed by atoms with Crippen LogP contribution in [0.2, 0.25) is 0 Å². The molecule has 0 spiro atoms. The molecule has 1 N–H and O–H groups in total. The molecule has 0 radical (unpaired) electrons. The molecular formula is C23H25F5NO2Pt-. The number of benzene rings is 1. The van der Waals surface area contributed by atoms with E-state index in [2.05, 4.69) is 11.1 Å². The maximum atomic E-state index is 13.7. The van der Waals surface area contributed by atoms with Gasteiger partial charge >= 0.3 is 6.18 Å². The van der Waals surface area contributed by atoms with Gasteiger partial charge in [0.05, 0.1) is 11.6 Å². The Kier molecular flexibility index (Phi) is 10.4. The molecule has 2 rings (SSSR count). The summed E-state index contributed by atoms with van der Waals surface area (Å²) in [5, 5.41) is 9.56. The summed E-state index contributed by atoms with van der Waals surface area (Å²) in [6.45, 7) is 11.1. The van der Waals surface area contributed by atoms with Crippen LogP contribution in [0.15, 0.2) is 42.3 Å². The number of hydrogen-bond donors (Lipinski definition) is 1. The van der Waals surface area contributed by atoms with Crippen LogP contribution in [-0.2, 0) is 32.0 Å². The molecule has 0 fully saturated rings. The van der Waals surface area contributed by atoms with Gasteiger partial charge in [-0.3, -0.25) is 13.6 Å². The third-order valence-corrected chi connectivity index (χ3v) is 4.00. The number of halogens is 5. The predicted octanol–water partition coefficient (Wildman–Crippen LogP) is 6.93. The van der Waals surface area contributed by atoms with Crippen LogP contribution in [0.1, 0.15) is 47.1 Å². The van der Waals surface area contributed by atoms with Crippen LogP contribution in [0.5, 0.6) is 0 Å². The summed E-state index contributed by atoms with van der Waals surface area (Å²) in [6, 6.07) is 6.89. The molecule has 32 heavy (non-hydrogen) atoms. The molecule has 1 aromatic carbocycles. The molecule has 0 aliphatic rings. The van der Waals surface area contributed by atoms with E-state index in [4.69, 9.17) is 0 Å². The number of allylic oxidation sites excluding steroid dienone is 2. The molecule has 0 bridgehead atoms. The van der Waals surface area contributed by atoms with Gasteiger partial charge in [0, 0.05) is 49.7 Å². The molecule has 0 unspecified atom stereocenters. The Morgan fingerprint density at radius 3 is 2.00 bits per heavy atom. The van der Waals surface area contributed by atoms with E-state index in [1.807, 2.05) is 41.5 Å². The molecule has 1 heterocycles. The predicted molar refractivity (Wildman–Crippen MR) is 108 cm³/mol. The minimum absolute atomic E-state index is 0. The van der Waals surface area contributed by atoms with Gasteiger partial charge < -0.3 is 10.1 Å². The third-order valence-electron chi connectivity index (χ3n) is 4.00. The maximum absolute atomic E-state index is 13.7. The molecule has 0 aliphatic heterocycles. The number of carbonyl (C=O) groups is 1. The van der Waals surface area contributed by atoms with Gasteiger partial charge in [0.25, 0.3) is 0 Å². The molecule has 0 saturated heterocycles. The van der Waals surface area contributed by atoms with Crippen LogP contribution >= 0.6 is 0 Å². The van der Waals surface area contributed by atoms with Crippen molar-refractivity contribution < 1.29 is 52.9 Å². The number of aliphatic hydroxyl groups is 1. The van der Waals surface area contributed by atoms with E-state index >= 15 is 0 Å². The average Bonchev–Trinajstić information content (AvgIpc) is 2.60. The first-order chi connectivity index (χ1) is 14.0. The molecule has 0 amide bonds. The van der Waals surface area contributed by atoms with Gasteiger partial charge in [-0.05, 0) is 11.8 Å². The fraction of sp³-hybridized carbons (Fsp3) is 0.391. The Hall–Kier alpha value is -2.08. The fourth-order valence-electron chi connectivity index (χ4n) is 2.01. The molecule has 0 aliphatic carbocycles. The van der Waals surface area contributed by atoms with Gasteiger partial charge in [-0.1, -0.05) is 59.2 Å². The van der Waals surface area contributed by atoms with E-state index in [0.717, 1.165) is 0 Å². The van der Waals surface area contributed by atoms with Crippen LogP contribution in [0.4, 0.5) is 22.0 Å². The zero-order valence-electron chi connectivity index (χ0n) is 18.5. The number of hydrogen-bond acceptors (Lipinski definition) is 3. The molecule has 180 valence electrons. The van der Waals surface area contributed by atoms with E-state index in [1.165, 1.54) is 30.5 Å². The molecule has 3 nitrogen and oxygen atoms in total. The largest absolute Gasteiger partial charge is 0.512 e. The summed E-state index contributed by atoms with van der Waals surface area (Å²) in [4.78, 5) is 15.2. The number of nitrogens with zero attached hydrogens (tertiary/aromatic N) is 1. The van der Waals surface area contributed by atoms with Gasteiger partial charge in [-0.2, -0.15) is 13.2 Å². The fourth-order valence-corrected chi connectivity index (χ4v) is 2.01. The third kappa shape index (κ3) is 8.45. The quantitative estimate of drug-likeness (QED) is 0.168. The Morgan fingerprint density at radius 1 is 1.03 bits per heavy atom. The standard InChI is InChI=1S/C12H5F5N.C11H20O2.Pt/c13-8-5-4-7(9-3-1-2-6-18-9)11(14)10(8)12(15,16)17;1-10(2,3)8(12)7-9(13)11(4,5)6;/h1-3,5-6H;7,12H,1-6H3;/q-1;;/b;8-7-;. The number of rotatable bonds is 2. The Balaban J connectivity index is 0.000000617. The van der Waals surface area contributed by atoms with E-state index in [9.17, 15) is 31.9 Å². The van der Waals surface area contributed by atoms with Crippen LogP contribution in [0.25, 0.3) is 11.3 Å². The van der Waals surface area contributed by atoms with Crippen molar-refractivity contribution in [3.05, 3.63) is 65.6 Å². The number of alkyl halides is 3. The van der Waals surface area contributed by atoms with Crippen LogP contribution in [0.3, 0.4) is 0 Å². The zero-order chi connectivity index (χ0) is 24.2. The van der Waals surface area contributed by atoms with E-state index in [1.54, 1.807) is 0 Å². The Labute approximate surface area is 199 Å². The second-order valence-corrected chi connectivity index (χ2v) is 8.81. The van der Waals surface area contributed by atoms with Gasteiger partial charge in [-0.25, -0.2) is 0 Å². The van der Waals surface area contributed by atoms with Gasteiger partial charge in [-0.15, -0.1) is 12.1 Å². The summed E-state index contributed by atoms with van der Waals surface area (Å²) in [5.41, 5.74) is -3.24. The van der Waals surface area contributed by atoms with Crippen molar-refractivity contribution in [3.63, 3.8) is 0 Å². The van der Waals surface area contributed by atoms with E-state index in [-0.39, 0.29) is 43.7 Å². The van der Waals surface area contributed by atoms with Crippen molar-refractivity contribution in [2.75, 3.05) is 0 Å². The SMILES string of the molecule is CC(C)(C)C(=O)/C=C(\O)C(C)(C)C.Fc1c[c-]c(-c2ccccn2)c(F)c1C(F)(F)F.[Pt]. The van der Waals surface area contributed by atoms with E-state index in [0.29, 0.717) is 6.07 Å². The molecule has 0 atom stereocenters. The summed E-state index contributed by atoms with van der Waals surface area (Å²) >= 11 is 0. The number of aliphatic hydroxyl groups excluding tert-OH is 1. The van der Waals surface area contributed by atoms with Crippen molar-refractivity contribution in [2.45, 2.75) is 47.7 Å². The van der Waals surface area contributed by atoms with Crippen molar-refractivity contribution in [1.82, 2.24) is 4.98 Å². The summed E-state index contributed by atoms with van der Waals surface area (Å²) in [5.74, 6) is -3.30. The molecular weight excluding hydrogens is 612 g/mol. The van der Waals surface area contributed by atoms with Crippen molar-refractivity contribution in [2.24, 2.45) is 10.8 Å². The second-order valence-electron chi connectivity index (χ2n) is 8.81. The number of carbonyl (C=O) groups excluding carboxylic acids is 1. The summed E-state index contributed by atoms with van der Waals surface area (Å²) in [6.07, 6.45) is -2.48. The van der Waals surface area contributed by atoms with E-state index < -0.39 is 34.4 Å². The first-order valence-electron chi connectivity index (χ1n) is 9.30. The Morgan fingerprint density at radius 2 is 1.59 bits per heavy atom. The van der Waals surface area contributed by atoms with Crippen LogP contribution < -0.4 is 0 Å². The zero-order valence-corrected chi connectivity index (χ0v) is 20.7. The molecule has 9 heteroatoms. The average molecular weight is 638 g/mol. The summed E-state index contributed by atoms with van der Waals surface area (Å²) in [7, 11) is 0. The smallest absolute Gasteiger partial charge is 0.405 e. The van der Waals surface area contributed by atoms with Crippen molar-refractivity contribution in [1.29, 1.82) is 0 Å². The number of ketones is 1. The number of aromatic nitrogens is 1. The van der Waals surface area contributed by atoms with Gasteiger partial charge in [0.1, 0.15) is 5.76 Å². The van der Waals surface area contributed by atoms with Crippen LogP contribution in [-0.4, -0.2) is 15.9 Å².